The van der Waals surface area contributed by atoms with E-state index in [4.69, 9.17) is 4.74 Å². The van der Waals surface area contributed by atoms with Crippen molar-refractivity contribution in [1.29, 1.82) is 0 Å². The summed E-state index contributed by atoms with van der Waals surface area (Å²) in [4.78, 5) is 6.87. The Morgan fingerprint density at radius 1 is 1.24 bits per heavy atom. The number of ether oxygens (including phenoxy) is 1. The molecule has 1 fully saturated rings. The number of hydrogen-bond donors (Lipinski definition) is 0. The van der Waals surface area contributed by atoms with E-state index in [9.17, 15) is 0 Å². The number of aromatic nitrogens is 1. The van der Waals surface area contributed by atoms with Crippen LogP contribution in [0.15, 0.2) is 18.3 Å². The van der Waals surface area contributed by atoms with Crippen molar-refractivity contribution in [2.24, 2.45) is 0 Å². The van der Waals surface area contributed by atoms with E-state index in [1.54, 1.807) is 0 Å². The second kappa shape index (κ2) is 5.05. The summed E-state index contributed by atoms with van der Waals surface area (Å²) in [6.45, 7) is 10.5. The molecule has 0 amide bonds. The number of morpholine rings is 1. The Morgan fingerprint density at radius 3 is 2.35 bits per heavy atom. The van der Waals surface area contributed by atoms with Gasteiger partial charge in [0.15, 0.2) is 0 Å². The van der Waals surface area contributed by atoms with E-state index in [0.29, 0.717) is 5.92 Å². The first-order valence-electron chi connectivity index (χ1n) is 6.42. The van der Waals surface area contributed by atoms with Crippen molar-refractivity contribution in [2.75, 3.05) is 18.0 Å². The standard InChI is InChI=1S/C14H22N2O/c1-10(2)13-5-6-14(15-7-13)16-8-11(3)17-12(4)9-16/h5-7,10-12H,8-9H2,1-4H3. The van der Waals surface area contributed by atoms with E-state index < -0.39 is 0 Å². The van der Waals surface area contributed by atoms with Gasteiger partial charge < -0.3 is 9.64 Å². The van der Waals surface area contributed by atoms with Crippen molar-refractivity contribution >= 4 is 5.82 Å². The smallest absolute Gasteiger partial charge is 0.128 e. The molecule has 1 saturated heterocycles. The van der Waals surface area contributed by atoms with Gasteiger partial charge in [0, 0.05) is 19.3 Å². The Hall–Kier alpha value is -1.09. The molecule has 3 heteroatoms. The minimum absolute atomic E-state index is 0.283. The van der Waals surface area contributed by atoms with Gasteiger partial charge >= 0.3 is 0 Å². The third kappa shape index (κ3) is 2.97. The summed E-state index contributed by atoms with van der Waals surface area (Å²) in [5.41, 5.74) is 1.29. The van der Waals surface area contributed by atoms with E-state index in [0.717, 1.165) is 18.9 Å². The fourth-order valence-electron chi connectivity index (χ4n) is 2.29. The van der Waals surface area contributed by atoms with E-state index in [1.807, 2.05) is 6.20 Å². The second-order valence-corrected chi connectivity index (χ2v) is 5.27. The molecule has 0 spiro atoms. The molecule has 2 unspecified atom stereocenters. The van der Waals surface area contributed by atoms with Crippen LogP contribution in [0.2, 0.25) is 0 Å². The lowest BCUT2D eigenvalue weighted by Gasteiger charge is -2.36. The number of rotatable bonds is 2. The normalized spacial score (nSPS) is 25.4. The zero-order chi connectivity index (χ0) is 12.4. The molecule has 0 radical (unpaired) electrons. The molecule has 0 saturated carbocycles. The van der Waals surface area contributed by atoms with Gasteiger partial charge in [-0.1, -0.05) is 19.9 Å². The molecule has 1 aromatic rings. The van der Waals surface area contributed by atoms with E-state index in [1.165, 1.54) is 5.56 Å². The summed E-state index contributed by atoms with van der Waals surface area (Å²) in [6.07, 6.45) is 2.56. The van der Waals surface area contributed by atoms with Crippen molar-refractivity contribution < 1.29 is 4.74 Å². The molecular formula is C14H22N2O. The first kappa shape index (κ1) is 12.4. The third-order valence-electron chi connectivity index (χ3n) is 3.18. The molecule has 94 valence electrons. The second-order valence-electron chi connectivity index (χ2n) is 5.27. The van der Waals surface area contributed by atoms with E-state index >= 15 is 0 Å². The highest BCUT2D eigenvalue weighted by atomic mass is 16.5. The summed E-state index contributed by atoms with van der Waals surface area (Å²) in [5.74, 6) is 1.61. The lowest BCUT2D eigenvalue weighted by Crippen LogP contribution is -2.45. The van der Waals surface area contributed by atoms with Crippen LogP contribution < -0.4 is 4.90 Å². The summed E-state index contributed by atoms with van der Waals surface area (Å²) in [6, 6.07) is 4.30. The van der Waals surface area contributed by atoms with Crippen molar-refractivity contribution in [2.45, 2.75) is 45.8 Å². The molecule has 2 atom stereocenters. The van der Waals surface area contributed by atoms with E-state index in [2.05, 4.69) is 49.7 Å². The van der Waals surface area contributed by atoms with Gasteiger partial charge in [-0.2, -0.15) is 0 Å². The lowest BCUT2D eigenvalue weighted by molar-refractivity contribution is -0.00545. The highest BCUT2D eigenvalue weighted by Gasteiger charge is 2.22. The quantitative estimate of drug-likeness (QED) is 0.787. The average molecular weight is 234 g/mol. The van der Waals surface area contributed by atoms with Gasteiger partial charge in [-0.05, 0) is 31.4 Å². The molecule has 0 aliphatic carbocycles. The zero-order valence-electron chi connectivity index (χ0n) is 11.2. The van der Waals surface area contributed by atoms with Gasteiger partial charge in [0.05, 0.1) is 12.2 Å². The lowest BCUT2D eigenvalue weighted by atomic mass is 10.1. The molecule has 1 aromatic heterocycles. The summed E-state index contributed by atoms with van der Waals surface area (Å²) in [7, 11) is 0. The van der Waals surface area contributed by atoms with Crippen LogP contribution in [0.25, 0.3) is 0 Å². The van der Waals surface area contributed by atoms with Crippen molar-refractivity contribution in [1.82, 2.24) is 4.98 Å². The summed E-state index contributed by atoms with van der Waals surface area (Å²) >= 11 is 0. The topological polar surface area (TPSA) is 25.4 Å². The molecule has 0 aromatic carbocycles. The first-order chi connectivity index (χ1) is 8.06. The van der Waals surface area contributed by atoms with Gasteiger partial charge in [0.1, 0.15) is 5.82 Å². The van der Waals surface area contributed by atoms with Gasteiger partial charge in [-0.25, -0.2) is 4.98 Å². The summed E-state index contributed by atoms with van der Waals surface area (Å²) in [5, 5.41) is 0. The van der Waals surface area contributed by atoms with Crippen LogP contribution in [0.1, 0.15) is 39.2 Å². The Kier molecular flexibility index (Phi) is 3.67. The Bertz CT molecular complexity index is 351. The van der Waals surface area contributed by atoms with Gasteiger partial charge in [0.2, 0.25) is 0 Å². The van der Waals surface area contributed by atoms with Crippen molar-refractivity contribution in [3.8, 4) is 0 Å². The van der Waals surface area contributed by atoms with Crippen LogP contribution in [0, 0.1) is 0 Å². The van der Waals surface area contributed by atoms with Crippen LogP contribution in [-0.4, -0.2) is 30.3 Å². The number of nitrogens with zero attached hydrogens (tertiary/aromatic N) is 2. The Labute approximate surface area is 104 Å². The predicted octanol–water partition coefficient (Wildman–Crippen LogP) is 2.82. The van der Waals surface area contributed by atoms with Crippen LogP contribution in [0.4, 0.5) is 5.82 Å². The highest BCUT2D eigenvalue weighted by Crippen LogP contribution is 2.20. The molecule has 1 aliphatic heterocycles. The van der Waals surface area contributed by atoms with Gasteiger partial charge in [-0.3, -0.25) is 0 Å². The highest BCUT2D eigenvalue weighted by molar-refractivity contribution is 5.40. The number of pyridine rings is 1. The molecule has 1 aliphatic rings. The van der Waals surface area contributed by atoms with E-state index in [-0.39, 0.29) is 12.2 Å². The number of anilines is 1. The molecule has 2 rings (SSSR count). The van der Waals surface area contributed by atoms with Gasteiger partial charge in [0.25, 0.3) is 0 Å². The maximum atomic E-state index is 5.73. The maximum Gasteiger partial charge on any atom is 0.128 e. The van der Waals surface area contributed by atoms with Gasteiger partial charge in [-0.15, -0.1) is 0 Å². The Balaban J connectivity index is 2.11. The predicted molar refractivity (Wildman–Crippen MR) is 70.5 cm³/mol. The fourth-order valence-corrected chi connectivity index (χ4v) is 2.29. The minimum Gasteiger partial charge on any atom is -0.372 e. The van der Waals surface area contributed by atoms with Crippen molar-refractivity contribution in [3.05, 3.63) is 23.9 Å². The molecule has 0 bridgehead atoms. The maximum absolute atomic E-state index is 5.73. The largest absolute Gasteiger partial charge is 0.372 e. The van der Waals surface area contributed by atoms with Crippen molar-refractivity contribution in [3.63, 3.8) is 0 Å². The van der Waals surface area contributed by atoms with Crippen LogP contribution >= 0.6 is 0 Å². The third-order valence-corrected chi connectivity index (χ3v) is 3.18. The molecule has 17 heavy (non-hydrogen) atoms. The monoisotopic (exact) mass is 234 g/mol. The zero-order valence-corrected chi connectivity index (χ0v) is 11.2. The molecule has 0 N–H and O–H groups in total. The van der Waals surface area contributed by atoms with Crippen LogP contribution in [0.3, 0.4) is 0 Å². The summed E-state index contributed by atoms with van der Waals surface area (Å²) < 4.78 is 5.73. The van der Waals surface area contributed by atoms with Crippen LogP contribution in [0.5, 0.6) is 0 Å². The average Bonchev–Trinajstić information content (AvgIpc) is 2.28. The first-order valence-corrected chi connectivity index (χ1v) is 6.42. The van der Waals surface area contributed by atoms with Crippen LogP contribution in [-0.2, 0) is 4.74 Å². The fraction of sp³-hybridized carbons (Fsp3) is 0.643. The molecular weight excluding hydrogens is 212 g/mol. The molecule has 3 nitrogen and oxygen atoms in total. The minimum atomic E-state index is 0.283. The molecule has 2 heterocycles. The number of hydrogen-bond acceptors (Lipinski definition) is 3. The SMILES string of the molecule is CC1CN(c2ccc(C(C)C)cn2)CC(C)O1. The Morgan fingerprint density at radius 2 is 1.88 bits per heavy atom.